The number of nitrogens with zero attached hydrogens (tertiary/aromatic N) is 2. The average Bonchev–Trinajstić information content (AvgIpc) is 3.01. The average molecular weight is 303 g/mol. The number of fused-ring (bicyclic) bond motifs is 1. The summed E-state index contributed by atoms with van der Waals surface area (Å²) < 4.78 is 10.3. The first-order chi connectivity index (χ1) is 10.1. The van der Waals surface area contributed by atoms with Crippen molar-refractivity contribution in [3.8, 4) is 10.7 Å². The Kier molecular flexibility index (Phi) is 3.34. The van der Waals surface area contributed by atoms with Crippen LogP contribution in [0.5, 0.6) is 0 Å². The first-order valence-corrected chi connectivity index (χ1v) is 7.21. The van der Waals surface area contributed by atoms with Gasteiger partial charge in [0.2, 0.25) is 0 Å². The van der Waals surface area contributed by atoms with Gasteiger partial charge in [-0.05, 0) is 26.0 Å². The fraction of sp³-hybridized carbons (Fsp3) is 0.214. The number of hydrogen-bond donors (Lipinski definition) is 1. The van der Waals surface area contributed by atoms with Gasteiger partial charge in [0.15, 0.2) is 5.58 Å². The van der Waals surface area contributed by atoms with Crippen LogP contribution in [0.2, 0.25) is 0 Å². The van der Waals surface area contributed by atoms with Gasteiger partial charge in [-0.15, -0.1) is 11.3 Å². The second-order valence-corrected chi connectivity index (χ2v) is 5.44. The largest absolute Gasteiger partial charge is 0.462 e. The molecule has 0 saturated heterocycles. The number of ether oxygens (including phenoxy) is 1. The summed E-state index contributed by atoms with van der Waals surface area (Å²) in [6, 6.07) is 5.31. The Hall–Kier alpha value is -2.41. The molecular weight excluding hydrogens is 290 g/mol. The third-order valence-electron chi connectivity index (χ3n) is 2.96. The number of hydrogen-bond acceptors (Lipinski definition) is 7. The number of thiazole rings is 1. The van der Waals surface area contributed by atoms with Crippen molar-refractivity contribution in [1.82, 2.24) is 10.1 Å². The molecule has 0 spiro atoms. The van der Waals surface area contributed by atoms with Gasteiger partial charge in [0, 0.05) is 11.8 Å². The number of aryl methyl sites for hydroxylation is 1. The van der Waals surface area contributed by atoms with E-state index >= 15 is 0 Å². The van der Waals surface area contributed by atoms with Gasteiger partial charge in [-0.25, -0.2) is 9.78 Å². The lowest BCUT2D eigenvalue weighted by Crippen LogP contribution is -2.03. The van der Waals surface area contributed by atoms with E-state index in [2.05, 4.69) is 10.1 Å². The molecule has 3 rings (SSSR count). The lowest BCUT2D eigenvalue weighted by atomic mass is 10.2. The zero-order valence-corrected chi connectivity index (χ0v) is 12.4. The maximum absolute atomic E-state index is 11.8. The van der Waals surface area contributed by atoms with Crippen molar-refractivity contribution < 1.29 is 14.1 Å². The predicted molar refractivity (Wildman–Crippen MR) is 80.2 cm³/mol. The first kappa shape index (κ1) is 13.6. The molecule has 2 N–H and O–H groups in total. The minimum absolute atomic E-state index is 0.331. The summed E-state index contributed by atoms with van der Waals surface area (Å²) in [5.41, 5.74) is 8.14. The van der Waals surface area contributed by atoms with Gasteiger partial charge in [-0.1, -0.05) is 5.16 Å². The van der Waals surface area contributed by atoms with Gasteiger partial charge in [-0.3, -0.25) is 0 Å². The molecule has 0 amide bonds. The van der Waals surface area contributed by atoms with Gasteiger partial charge in [0.1, 0.15) is 15.6 Å². The summed E-state index contributed by atoms with van der Waals surface area (Å²) in [7, 11) is 0. The van der Waals surface area contributed by atoms with Crippen LogP contribution in [0.15, 0.2) is 22.7 Å². The second-order valence-electron chi connectivity index (χ2n) is 4.44. The Labute approximate surface area is 124 Å². The van der Waals surface area contributed by atoms with Crippen LogP contribution >= 0.6 is 11.3 Å². The van der Waals surface area contributed by atoms with Gasteiger partial charge in [-0.2, -0.15) is 0 Å². The second kappa shape index (κ2) is 5.17. The molecule has 21 heavy (non-hydrogen) atoms. The number of aromatic nitrogens is 2. The van der Waals surface area contributed by atoms with Crippen molar-refractivity contribution in [1.29, 1.82) is 0 Å². The maximum atomic E-state index is 11.8. The Balaban J connectivity index is 2.07. The zero-order valence-electron chi connectivity index (χ0n) is 11.5. The molecule has 0 aliphatic carbocycles. The van der Waals surface area contributed by atoms with Gasteiger partial charge in [0.05, 0.1) is 17.7 Å². The van der Waals surface area contributed by atoms with Crippen LogP contribution in [0.1, 0.15) is 22.3 Å². The van der Waals surface area contributed by atoms with Gasteiger partial charge in [0.25, 0.3) is 0 Å². The number of benzene rings is 1. The lowest BCUT2D eigenvalue weighted by molar-refractivity contribution is 0.0531. The summed E-state index contributed by atoms with van der Waals surface area (Å²) in [4.78, 5) is 16.7. The smallest absolute Gasteiger partial charge is 0.350 e. The van der Waals surface area contributed by atoms with E-state index in [1.807, 2.05) is 6.07 Å². The van der Waals surface area contributed by atoms with Crippen LogP contribution in [0.4, 0.5) is 5.69 Å². The Bertz CT molecular complexity index is 822. The molecule has 1 aromatic carbocycles. The van der Waals surface area contributed by atoms with Crippen molar-refractivity contribution in [2.45, 2.75) is 13.8 Å². The molecule has 2 heterocycles. The topological polar surface area (TPSA) is 91.2 Å². The third kappa shape index (κ3) is 2.36. The molecule has 2 aromatic heterocycles. The van der Waals surface area contributed by atoms with E-state index < -0.39 is 0 Å². The highest BCUT2D eigenvalue weighted by molar-refractivity contribution is 7.17. The van der Waals surface area contributed by atoms with E-state index in [4.69, 9.17) is 15.0 Å². The third-order valence-corrected chi connectivity index (χ3v) is 4.10. The van der Waals surface area contributed by atoms with Crippen LogP contribution in [-0.2, 0) is 4.74 Å². The number of esters is 1. The summed E-state index contributed by atoms with van der Waals surface area (Å²) in [6.07, 6.45) is 0. The van der Waals surface area contributed by atoms with Crippen molar-refractivity contribution in [3.05, 3.63) is 28.8 Å². The van der Waals surface area contributed by atoms with E-state index in [1.165, 1.54) is 11.3 Å². The number of rotatable bonds is 3. The van der Waals surface area contributed by atoms with Crippen molar-refractivity contribution in [2.75, 3.05) is 12.3 Å². The molecule has 0 unspecified atom stereocenters. The number of anilines is 1. The highest BCUT2D eigenvalue weighted by atomic mass is 32.1. The number of nitrogens with two attached hydrogens (primary N) is 1. The molecule has 0 bridgehead atoms. The molecule has 0 saturated carbocycles. The zero-order chi connectivity index (χ0) is 15.0. The Morgan fingerprint density at radius 1 is 1.48 bits per heavy atom. The molecule has 3 aromatic rings. The van der Waals surface area contributed by atoms with Gasteiger partial charge >= 0.3 is 5.97 Å². The molecule has 0 atom stereocenters. The Morgan fingerprint density at radius 3 is 3.05 bits per heavy atom. The van der Waals surface area contributed by atoms with Crippen LogP contribution in [-0.4, -0.2) is 22.7 Å². The quantitative estimate of drug-likeness (QED) is 0.590. The van der Waals surface area contributed by atoms with Crippen molar-refractivity contribution in [2.24, 2.45) is 0 Å². The SMILES string of the molecule is CCOC(=O)c1sc(-c2noc3cc(N)ccc23)nc1C. The summed E-state index contributed by atoms with van der Waals surface area (Å²) >= 11 is 1.24. The molecular formula is C14H13N3O3S. The summed E-state index contributed by atoms with van der Waals surface area (Å²) in [6.45, 7) is 3.87. The number of carbonyl (C=O) groups is 1. The van der Waals surface area contributed by atoms with Crippen molar-refractivity contribution >= 4 is 34.0 Å². The van der Waals surface area contributed by atoms with E-state index in [-0.39, 0.29) is 5.97 Å². The van der Waals surface area contributed by atoms with Crippen LogP contribution in [0, 0.1) is 6.92 Å². The highest BCUT2D eigenvalue weighted by Crippen LogP contribution is 2.33. The van der Waals surface area contributed by atoms with E-state index in [1.54, 1.807) is 26.0 Å². The molecule has 0 aliphatic heterocycles. The van der Waals surface area contributed by atoms with Crippen LogP contribution in [0.25, 0.3) is 21.7 Å². The molecule has 6 nitrogen and oxygen atoms in total. The normalized spacial score (nSPS) is 11.0. The molecule has 7 heteroatoms. The molecule has 0 aliphatic rings. The van der Waals surface area contributed by atoms with E-state index in [9.17, 15) is 4.79 Å². The minimum Gasteiger partial charge on any atom is -0.462 e. The minimum atomic E-state index is -0.365. The molecule has 108 valence electrons. The Morgan fingerprint density at radius 2 is 2.29 bits per heavy atom. The lowest BCUT2D eigenvalue weighted by Gasteiger charge is -1.97. The fourth-order valence-electron chi connectivity index (χ4n) is 1.99. The van der Waals surface area contributed by atoms with Crippen LogP contribution < -0.4 is 5.73 Å². The maximum Gasteiger partial charge on any atom is 0.350 e. The number of nitrogen functional groups attached to an aromatic ring is 1. The molecule has 0 fully saturated rings. The monoisotopic (exact) mass is 303 g/mol. The van der Waals surface area contributed by atoms with E-state index in [0.29, 0.717) is 39.1 Å². The van der Waals surface area contributed by atoms with Crippen LogP contribution in [0.3, 0.4) is 0 Å². The van der Waals surface area contributed by atoms with E-state index in [0.717, 1.165) is 5.39 Å². The summed E-state index contributed by atoms with van der Waals surface area (Å²) in [5.74, 6) is -0.365. The molecule has 0 radical (unpaired) electrons. The predicted octanol–water partition coefficient (Wildman–Crippen LogP) is 3.02. The number of carbonyl (C=O) groups excluding carboxylic acids is 1. The standard InChI is InChI=1S/C14H13N3O3S/c1-3-19-14(18)12-7(2)16-13(21-12)11-9-5-4-8(15)6-10(9)20-17-11/h4-6H,3,15H2,1-2H3. The van der Waals surface area contributed by atoms with Gasteiger partial charge < -0.3 is 15.0 Å². The van der Waals surface area contributed by atoms with Crippen molar-refractivity contribution in [3.63, 3.8) is 0 Å². The summed E-state index contributed by atoms with van der Waals surface area (Å²) in [5, 5.41) is 5.47. The fourth-order valence-corrected chi connectivity index (χ4v) is 2.95. The highest BCUT2D eigenvalue weighted by Gasteiger charge is 2.20. The first-order valence-electron chi connectivity index (χ1n) is 6.40.